The summed E-state index contributed by atoms with van der Waals surface area (Å²) in [6.07, 6.45) is 4.67. The van der Waals surface area contributed by atoms with E-state index in [4.69, 9.17) is 20.0 Å². The lowest BCUT2D eigenvalue weighted by Gasteiger charge is -2.05. The maximum absolute atomic E-state index is 11.1. The van der Waals surface area contributed by atoms with Crippen molar-refractivity contribution >= 4 is 39.6 Å². The highest BCUT2D eigenvalue weighted by atomic mass is 127. The highest BCUT2D eigenvalue weighted by Gasteiger charge is 2.16. The molecule has 0 saturated carbocycles. The van der Waals surface area contributed by atoms with E-state index in [0.29, 0.717) is 17.3 Å². The van der Waals surface area contributed by atoms with Crippen LogP contribution in [-0.4, -0.2) is 42.9 Å². The van der Waals surface area contributed by atoms with Gasteiger partial charge in [0.25, 0.3) is 0 Å². The van der Waals surface area contributed by atoms with Gasteiger partial charge in [0, 0.05) is 16.0 Å². The highest BCUT2D eigenvalue weighted by Crippen LogP contribution is 2.29. The Bertz CT molecular complexity index is 898. The number of carboxylic acid groups (broad SMARTS) is 1. The number of aromatic carboxylic acids is 1. The monoisotopic (exact) mass is 443 g/mol. The molecule has 0 radical (unpaired) electrons. The quantitative estimate of drug-likeness (QED) is 0.357. The summed E-state index contributed by atoms with van der Waals surface area (Å²) in [4.78, 5) is 31.7. The molecule has 0 aliphatic carbocycles. The molecule has 10 nitrogen and oxygen atoms in total. The number of rotatable bonds is 3. The molecule has 0 amide bonds. The van der Waals surface area contributed by atoms with Gasteiger partial charge in [-0.1, -0.05) is 0 Å². The van der Waals surface area contributed by atoms with E-state index in [9.17, 15) is 4.79 Å². The molecule has 0 saturated heterocycles. The first-order chi connectivity index (χ1) is 11.5. The predicted octanol–water partition coefficient (Wildman–Crippen LogP) is 2.27. The molecule has 0 aliphatic heterocycles. The summed E-state index contributed by atoms with van der Waals surface area (Å²) in [7, 11) is 1.54. The number of hydrogen-bond donors (Lipinski definition) is 2. The first-order valence-corrected chi connectivity index (χ1v) is 7.33. The molecule has 0 fully saturated rings. The second kappa shape index (κ2) is 7.63. The van der Waals surface area contributed by atoms with Crippen molar-refractivity contribution in [3.8, 4) is 11.7 Å². The summed E-state index contributed by atoms with van der Waals surface area (Å²) < 4.78 is 7.84. The fraction of sp³-hybridized carbons (Fsp3) is 0.0769. The first kappa shape index (κ1) is 17.5. The van der Waals surface area contributed by atoms with Gasteiger partial charge >= 0.3 is 5.97 Å². The molecule has 0 unspecified atom stereocenters. The van der Waals surface area contributed by atoms with E-state index >= 15 is 0 Å². The summed E-state index contributed by atoms with van der Waals surface area (Å²) in [6.45, 7) is 0. The Kier molecular flexibility index (Phi) is 5.57. The summed E-state index contributed by atoms with van der Waals surface area (Å²) >= 11 is 2.15. The molecule has 3 rings (SSSR count). The summed E-state index contributed by atoms with van der Waals surface area (Å²) in [5.41, 5.74) is 0.777. The minimum Gasteiger partial charge on any atom is -0.480 e. The van der Waals surface area contributed by atoms with Crippen molar-refractivity contribution in [2.24, 2.45) is 5.34 Å². The van der Waals surface area contributed by atoms with Gasteiger partial charge in [0.1, 0.15) is 12.1 Å². The van der Waals surface area contributed by atoms with Crippen molar-refractivity contribution < 1.29 is 19.8 Å². The van der Waals surface area contributed by atoms with Crippen LogP contribution >= 0.6 is 22.6 Å². The van der Waals surface area contributed by atoms with Gasteiger partial charge in [-0.25, -0.2) is 19.7 Å². The van der Waals surface area contributed by atoms with Crippen LogP contribution in [0.2, 0.25) is 0 Å². The number of ether oxygens (including phenoxy) is 1. The number of hydrogen-bond acceptors (Lipinski definition) is 7. The van der Waals surface area contributed by atoms with Gasteiger partial charge in [-0.2, -0.15) is 0 Å². The Morgan fingerprint density at radius 1 is 1.38 bits per heavy atom. The van der Waals surface area contributed by atoms with Crippen molar-refractivity contribution in [1.29, 1.82) is 0 Å². The minimum atomic E-state index is -1.00. The van der Waals surface area contributed by atoms with Gasteiger partial charge in [-0.3, -0.25) is 4.57 Å². The van der Waals surface area contributed by atoms with Gasteiger partial charge < -0.3 is 15.1 Å². The summed E-state index contributed by atoms with van der Waals surface area (Å²) in [5.74, 6) is -0.0573. The largest absolute Gasteiger partial charge is 0.480 e. The Morgan fingerprint density at radius 3 is 2.71 bits per heavy atom. The Balaban J connectivity index is 0.000000647. The molecule has 2 N–H and O–H groups in total. The lowest BCUT2D eigenvalue weighted by Crippen LogP contribution is -2.02. The number of fused-ring (bicyclic) bond motifs is 1. The van der Waals surface area contributed by atoms with Gasteiger partial charge in [0.2, 0.25) is 5.88 Å². The zero-order valence-corrected chi connectivity index (χ0v) is 14.3. The molecule has 0 atom stereocenters. The number of halogens is 1. The van der Waals surface area contributed by atoms with Gasteiger partial charge in [0.05, 0.1) is 18.1 Å². The fourth-order valence-electron chi connectivity index (χ4n) is 2.00. The van der Waals surface area contributed by atoms with Crippen LogP contribution in [0.1, 0.15) is 10.4 Å². The number of carboxylic acids is 1. The Hall–Kier alpha value is -2.83. The Morgan fingerprint density at radius 2 is 2.08 bits per heavy atom. The molecular formula is C13H10IN5O5. The highest BCUT2D eigenvalue weighted by molar-refractivity contribution is 14.1. The van der Waals surface area contributed by atoms with Crippen LogP contribution < -0.4 is 4.74 Å². The lowest BCUT2D eigenvalue weighted by molar-refractivity contribution is 0.0696. The van der Waals surface area contributed by atoms with Gasteiger partial charge in [0.15, 0.2) is 11.0 Å². The van der Waals surface area contributed by atoms with Crippen molar-refractivity contribution in [2.75, 3.05) is 7.11 Å². The number of pyridine rings is 1. The smallest absolute Gasteiger partial charge is 0.335 e. The van der Waals surface area contributed by atoms with E-state index in [0.717, 1.165) is 8.96 Å². The molecule has 3 aromatic rings. The third-order valence-electron chi connectivity index (χ3n) is 2.93. The topological polar surface area (TPSA) is 140 Å². The number of nitrogens with zero attached hydrogens (tertiary/aromatic N) is 5. The van der Waals surface area contributed by atoms with E-state index in [1.54, 1.807) is 11.7 Å². The average Bonchev–Trinajstić information content (AvgIpc) is 2.93. The van der Waals surface area contributed by atoms with Crippen LogP contribution in [0, 0.1) is 8.48 Å². The maximum atomic E-state index is 11.1. The molecule has 124 valence electrons. The van der Waals surface area contributed by atoms with Gasteiger partial charge in [-0.15, -0.1) is 4.91 Å². The van der Waals surface area contributed by atoms with Crippen LogP contribution in [0.5, 0.6) is 5.88 Å². The zero-order valence-electron chi connectivity index (χ0n) is 12.1. The standard InChI is InChI=1S/C13H9IN4O3.HNO2/c1-21-12-10-8(14)5-18(11(10)16-6-17-12)9-4-7(13(19)20)2-3-15-9;2-1-3/h2-6H,1H3,(H,19,20);(H,2,3). The number of methoxy groups -OCH3 is 1. The molecule has 0 bridgehead atoms. The van der Waals surface area contributed by atoms with Crippen molar-refractivity contribution in [2.45, 2.75) is 0 Å². The van der Waals surface area contributed by atoms with Crippen LogP contribution in [0.15, 0.2) is 36.2 Å². The van der Waals surface area contributed by atoms with E-state index in [1.165, 1.54) is 30.0 Å². The minimum absolute atomic E-state index is 0.165. The predicted molar refractivity (Wildman–Crippen MR) is 90.5 cm³/mol. The van der Waals surface area contributed by atoms with Crippen LogP contribution in [0.3, 0.4) is 0 Å². The SMILES string of the molecule is COc1ncnc2c1c(I)cn2-c1cc(C(=O)O)ccn1.O=NO. The second-order valence-corrected chi connectivity index (χ2v) is 5.38. The van der Waals surface area contributed by atoms with E-state index < -0.39 is 5.97 Å². The zero-order chi connectivity index (χ0) is 17.7. The molecular weight excluding hydrogens is 433 g/mol. The third-order valence-corrected chi connectivity index (χ3v) is 3.75. The van der Waals surface area contributed by atoms with E-state index in [2.05, 4.69) is 37.5 Å². The van der Waals surface area contributed by atoms with Crippen LogP contribution in [0.25, 0.3) is 16.9 Å². The summed E-state index contributed by atoms with van der Waals surface area (Å²) in [6, 6.07) is 2.94. The maximum Gasteiger partial charge on any atom is 0.335 e. The Labute approximate surface area is 148 Å². The lowest BCUT2D eigenvalue weighted by atomic mass is 10.2. The molecule has 11 heteroatoms. The van der Waals surface area contributed by atoms with Gasteiger partial charge in [-0.05, 0) is 34.7 Å². The molecule has 0 aliphatic rings. The van der Waals surface area contributed by atoms with Crippen molar-refractivity contribution in [1.82, 2.24) is 19.5 Å². The molecule has 0 aromatic carbocycles. The average molecular weight is 443 g/mol. The fourth-order valence-corrected chi connectivity index (χ4v) is 2.75. The number of aromatic nitrogens is 4. The molecule has 24 heavy (non-hydrogen) atoms. The van der Waals surface area contributed by atoms with Crippen molar-refractivity contribution in [3.63, 3.8) is 0 Å². The molecule has 3 heterocycles. The van der Waals surface area contributed by atoms with E-state index in [-0.39, 0.29) is 5.56 Å². The molecule has 3 aromatic heterocycles. The summed E-state index contributed by atoms with van der Waals surface area (Å²) in [5, 5.41) is 17.7. The van der Waals surface area contributed by atoms with Crippen LogP contribution in [-0.2, 0) is 0 Å². The number of carbonyl (C=O) groups is 1. The third kappa shape index (κ3) is 3.40. The van der Waals surface area contributed by atoms with E-state index in [1.807, 2.05) is 6.20 Å². The van der Waals surface area contributed by atoms with Crippen LogP contribution in [0.4, 0.5) is 0 Å². The second-order valence-electron chi connectivity index (χ2n) is 4.22. The normalized spacial score (nSPS) is 9.92. The van der Waals surface area contributed by atoms with Crippen molar-refractivity contribution in [3.05, 3.63) is 44.9 Å². The first-order valence-electron chi connectivity index (χ1n) is 6.25. The molecule has 0 spiro atoms.